The van der Waals surface area contributed by atoms with Gasteiger partial charge in [-0.25, -0.2) is 14.8 Å². The number of amides is 2. The van der Waals surface area contributed by atoms with Crippen molar-refractivity contribution in [2.45, 2.75) is 57.4 Å². The monoisotopic (exact) mass is 625 g/mol. The van der Waals surface area contributed by atoms with Crippen LogP contribution in [0.2, 0.25) is 0 Å². The van der Waals surface area contributed by atoms with Crippen LogP contribution in [0.25, 0.3) is 0 Å². The summed E-state index contributed by atoms with van der Waals surface area (Å²) in [6.07, 6.45) is 6.39. The van der Waals surface area contributed by atoms with E-state index in [9.17, 15) is 18.8 Å². The molecule has 3 aromatic rings. The van der Waals surface area contributed by atoms with Crippen molar-refractivity contribution in [1.29, 1.82) is 0 Å². The van der Waals surface area contributed by atoms with Crippen LogP contribution in [0.5, 0.6) is 5.75 Å². The van der Waals surface area contributed by atoms with Crippen molar-refractivity contribution >= 4 is 40.3 Å². The summed E-state index contributed by atoms with van der Waals surface area (Å²) in [5, 5.41) is 4.88. The smallest absolute Gasteiger partial charge is 0.257 e. The Labute approximate surface area is 259 Å². The van der Waals surface area contributed by atoms with E-state index in [1.165, 1.54) is 34.4 Å². The normalized spacial score (nSPS) is 16.8. The first-order valence-electron chi connectivity index (χ1n) is 14.8. The van der Waals surface area contributed by atoms with Crippen molar-refractivity contribution in [3.05, 3.63) is 70.5 Å². The second-order valence-corrected chi connectivity index (χ2v) is 11.3. The molecular formula is C31H36FN5O6S. The molecule has 0 aliphatic carbocycles. The second kappa shape index (κ2) is 15.7. The molecule has 44 heavy (non-hydrogen) atoms. The number of fused-ring (bicyclic) bond motifs is 1. The highest BCUT2D eigenvalue weighted by atomic mass is 32.1. The van der Waals surface area contributed by atoms with E-state index < -0.39 is 24.1 Å². The predicted molar refractivity (Wildman–Crippen MR) is 163 cm³/mol. The molecule has 1 fully saturated rings. The molecule has 0 radical (unpaired) electrons. The van der Waals surface area contributed by atoms with E-state index in [0.29, 0.717) is 55.6 Å². The lowest BCUT2D eigenvalue weighted by Gasteiger charge is -2.30. The van der Waals surface area contributed by atoms with E-state index >= 15 is 0 Å². The Morgan fingerprint density at radius 2 is 2.14 bits per heavy atom. The highest BCUT2D eigenvalue weighted by molar-refractivity contribution is 7.13. The maximum absolute atomic E-state index is 14.8. The Hall–Kier alpha value is -3.91. The highest BCUT2D eigenvalue weighted by Crippen LogP contribution is 2.39. The van der Waals surface area contributed by atoms with Crippen LogP contribution < -0.4 is 20.9 Å². The van der Waals surface area contributed by atoms with E-state index in [1.807, 2.05) is 12.1 Å². The summed E-state index contributed by atoms with van der Waals surface area (Å²) in [4.78, 5) is 43.9. The van der Waals surface area contributed by atoms with Gasteiger partial charge in [0.25, 0.3) is 11.8 Å². The topological polar surface area (TPSA) is 131 Å². The minimum absolute atomic E-state index is 0.133. The highest BCUT2D eigenvalue weighted by Gasteiger charge is 2.41. The third-order valence-electron chi connectivity index (χ3n) is 7.29. The standard InChI is InChI=1S/C31H36FN5O6S/c32-22-10-11-25(43-26-9-1-3-17-42-26)23(19-22)28(29(39)35-31-33-13-18-44-31)37-20-21-7-5-8-24(27(21)30(37)40)36-34-12-2-4-15-41-16-6-14-38/h5,7-8,10-11,13-14,18-19,26,28,34,36H,1-4,6,9,12,15-17,20H2,(H,33,35,39). The summed E-state index contributed by atoms with van der Waals surface area (Å²) >= 11 is 1.24. The maximum atomic E-state index is 14.8. The van der Waals surface area contributed by atoms with Crippen molar-refractivity contribution < 1.29 is 33.0 Å². The van der Waals surface area contributed by atoms with Gasteiger partial charge >= 0.3 is 0 Å². The van der Waals surface area contributed by atoms with Gasteiger partial charge in [-0.05, 0) is 55.5 Å². The van der Waals surface area contributed by atoms with Crippen molar-refractivity contribution in [2.24, 2.45) is 0 Å². The molecule has 13 heteroatoms. The van der Waals surface area contributed by atoms with Gasteiger partial charge in [0.2, 0.25) is 0 Å². The van der Waals surface area contributed by atoms with Crippen LogP contribution in [-0.4, -0.2) is 60.6 Å². The van der Waals surface area contributed by atoms with Crippen molar-refractivity contribution in [3.8, 4) is 5.75 Å². The lowest BCUT2D eigenvalue weighted by Crippen LogP contribution is -2.38. The van der Waals surface area contributed by atoms with Gasteiger partial charge in [-0.15, -0.1) is 11.3 Å². The van der Waals surface area contributed by atoms with Gasteiger partial charge in [0, 0.05) is 49.7 Å². The number of hydrogen-bond donors (Lipinski definition) is 3. The van der Waals surface area contributed by atoms with Crippen molar-refractivity contribution in [3.63, 3.8) is 0 Å². The van der Waals surface area contributed by atoms with Crippen LogP contribution in [0.3, 0.4) is 0 Å². The molecule has 5 rings (SSSR count). The number of anilines is 2. The van der Waals surface area contributed by atoms with Crippen LogP contribution in [0.15, 0.2) is 48.0 Å². The lowest BCUT2D eigenvalue weighted by molar-refractivity contribution is -0.121. The number of benzene rings is 2. The number of nitrogens with one attached hydrogen (secondary N) is 3. The minimum Gasteiger partial charge on any atom is -0.465 e. The number of aromatic nitrogens is 1. The SMILES string of the molecule is O=CCCOCCCCNNc1cccc2c1C(=O)N(C(C(=O)Nc1nccs1)c1cc(F)ccc1OC1CCCCO1)C2. The number of hydrogen-bond acceptors (Lipinski definition) is 10. The number of ether oxygens (including phenoxy) is 3. The Bertz CT molecular complexity index is 1420. The number of nitrogens with zero attached hydrogens (tertiary/aromatic N) is 2. The molecule has 11 nitrogen and oxygen atoms in total. The summed E-state index contributed by atoms with van der Waals surface area (Å²) in [5.74, 6) is -1.20. The molecule has 2 aliphatic heterocycles. The number of hydrazine groups is 1. The molecule has 0 spiro atoms. The van der Waals surface area contributed by atoms with Gasteiger partial charge in [-0.3, -0.25) is 14.9 Å². The Morgan fingerprint density at radius 1 is 1.23 bits per heavy atom. The lowest BCUT2D eigenvalue weighted by atomic mass is 10.0. The first kappa shape index (κ1) is 31.5. The van der Waals surface area contributed by atoms with E-state index in [1.54, 1.807) is 17.6 Å². The summed E-state index contributed by atoms with van der Waals surface area (Å²) < 4.78 is 32.1. The Balaban J connectivity index is 1.35. The number of thiazole rings is 1. The molecule has 2 unspecified atom stereocenters. The number of carbonyl (C=O) groups is 3. The molecule has 2 amide bonds. The minimum atomic E-state index is -1.21. The van der Waals surface area contributed by atoms with Crippen LogP contribution in [-0.2, 0) is 25.6 Å². The molecule has 3 heterocycles. The van der Waals surface area contributed by atoms with Gasteiger partial charge in [0.05, 0.1) is 24.5 Å². The summed E-state index contributed by atoms with van der Waals surface area (Å²) in [5.41, 5.74) is 8.22. The predicted octanol–water partition coefficient (Wildman–Crippen LogP) is 4.83. The summed E-state index contributed by atoms with van der Waals surface area (Å²) in [6, 6.07) is 8.23. The average molecular weight is 626 g/mol. The molecule has 1 aromatic heterocycles. The second-order valence-electron chi connectivity index (χ2n) is 10.4. The number of halogens is 1. The molecule has 1 saturated heterocycles. The molecular weight excluding hydrogens is 589 g/mol. The zero-order chi connectivity index (χ0) is 30.7. The van der Waals surface area contributed by atoms with E-state index in [2.05, 4.69) is 21.2 Å². The van der Waals surface area contributed by atoms with Crippen LogP contribution in [0.4, 0.5) is 15.2 Å². The molecule has 2 atom stereocenters. The Kier molecular flexibility index (Phi) is 11.2. The van der Waals surface area contributed by atoms with Crippen LogP contribution in [0.1, 0.15) is 66.1 Å². The van der Waals surface area contributed by atoms with Gasteiger partial charge in [-0.2, -0.15) is 0 Å². The fraction of sp³-hybridized carbons (Fsp3) is 0.419. The summed E-state index contributed by atoms with van der Waals surface area (Å²) in [6.45, 7) is 2.28. The Morgan fingerprint density at radius 3 is 2.93 bits per heavy atom. The third-order valence-corrected chi connectivity index (χ3v) is 7.98. The fourth-order valence-electron chi connectivity index (χ4n) is 5.20. The van der Waals surface area contributed by atoms with E-state index in [4.69, 9.17) is 14.2 Å². The number of aldehydes is 1. The van der Waals surface area contributed by atoms with Gasteiger partial charge < -0.3 is 29.3 Å². The number of rotatable bonds is 16. The molecule has 2 aromatic carbocycles. The van der Waals surface area contributed by atoms with Crippen molar-refractivity contribution in [1.82, 2.24) is 15.3 Å². The quantitative estimate of drug-likeness (QED) is 0.116. The average Bonchev–Trinajstić information content (AvgIpc) is 3.66. The van der Waals surface area contributed by atoms with Gasteiger partial charge in [0.1, 0.15) is 23.9 Å². The summed E-state index contributed by atoms with van der Waals surface area (Å²) in [7, 11) is 0. The molecule has 0 saturated carbocycles. The largest absolute Gasteiger partial charge is 0.465 e. The first-order valence-corrected chi connectivity index (χ1v) is 15.6. The van der Waals surface area contributed by atoms with Gasteiger partial charge in [-0.1, -0.05) is 12.1 Å². The van der Waals surface area contributed by atoms with Crippen LogP contribution >= 0.6 is 11.3 Å². The zero-order valence-electron chi connectivity index (χ0n) is 24.3. The van der Waals surface area contributed by atoms with Gasteiger partial charge in [0.15, 0.2) is 11.4 Å². The first-order chi connectivity index (χ1) is 21.5. The van der Waals surface area contributed by atoms with Crippen molar-refractivity contribution in [2.75, 3.05) is 37.1 Å². The fourth-order valence-corrected chi connectivity index (χ4v) is 5.73. The zero-order valence-corrected chi connectivity index (χ0v) is 25.1. The number of carbonyl (C=O) groups excluding carboxylic acids is 3. The molecule has 3 N–H and O–H groups in total. The van der Waals surface area contributed by atoms with E-state index in [-0.39, 0.29) is 23.8 Å². The van der Waals surface area contributed by atoms with E-state index in [0.717, 1.165) is 37.5 Å². The van der Waals surface area contributed by atoms with Crippen LogP contribution in [0, 0.1) is 5.82 Å². The third kappa shape index (κ3) is 7.97. The molecule has 234 valence electrons. The molecule has 2 aliphatic rings. The molecule has 0 bridgehead atoms. The maximum Gasteiger partial charge on any atom is 0.257 e. The number of unbranched alkanes of at least 4 members (excludes halogenated alkanes) is 1.